The van der Waals surface area contributed by atoms with Crippen LogP contribution in [0.1, 0.15) is 41.0 Å². The second kappa shape index (κ2) is 13.1. The Bertz CT molecular complexity index is 365. The lowest BCUT2D eigenvalue weighted by Crippen LogP contribution is -2.51. The van der Waals surface area contributed by atoms with Crippen molar-refractivity contribution in [3.05, 3.63) is 0 Å². The van der Waals surface area contributed by atoms with Gasteiger partial charge in [0, 0.05) is 51.4 Å². The topological polar surface area (TPSA) is 60.9 Å². The summed E-state index contributed by atoms with van der Waals surface area (Å²) in [5.74, 6) is 1.57. The smallest absolute Gasteiger partial charge is 0.191 e. The summed E-state index contributed by atoms with van der Waals surface area (Å²) in [6.07, 6.45) is 1.19. The number of ether oxygens (including phenoxy) is 1. The number of halogens is 1. The van der Waals surface area contributed by atoms with Crippen molar-refractivity contribution >= 4 is 29.9 Å². The van der Waals surface area contributed by atoms with E-state index in [0.29, 0.717) is 12.0 Å². The van der Waals surface area contributed by atoms with E-state index in [9.17, 15) is 0 Å². The molecule has 6 nitrogen and oxygen atoms in total. The zero-order valence-corrected chi connectivity index (χ0v) is 19.4. The predicted molar refractivity (Wildman–Crippen MR) is 118 cm³/mol. The van der Waals surface area contributed by atoms with Gasteiger partial charge in [-0.2, -0.15) is 0 Å². The van der Waals surface area contributed by atoms with E-state index in [1.165, 1.54) is 6.42 Å². The van der Waals surface area contributed by atoms with Crippen molar-refractivity contribution in [1.29, 1.82) is 0 Å². The van der Waals surface area contributed by atoms with Crippen molar-refractivity contribution in [3.8, 4) is 0 Å². The van der Waals surface area contributed by atoms with Gasteiger partial charge in [-0.3, -0.25) is 9.89 Å². The van der Waals surface area contributed by atoms with Crippen LogP contribution in [0.15, 0.2) is 4.99 Å². The second-order valence-electron chi connectivity index (χ2n) is 7.99. The van der Waals surface area contributed by atoms with Gasteiger partial charge in [0.2, 0.25) is 0 Å². The molecule has 150 valence electrons. The predicted octanol–water partition coefficient (Wildman–Crippen LogP) is 1.90. The molecule has 1 unspecified atom stereocenters. The Hall–Kier alpha value is -0.120. The second-order valence-corrected chi connectivity index (χ2v) is 7.99. The minimum atomic E-state index is 0. The molecule has 1 aliphatic heterocycles. The fraction of sp³-hybridized carbons (Fsp3) is 0.944. The minimum Gasteiger partial charge on any atom is -0.379 e. The highest BCUT2D eigenvalue weighted by Gasteiger charge is 2.22. The first-order chi connectivity index (χ1) is 11.3. The summed E-state index contributed by atoms with van der Waals surface area (Å²) in [6, 6.07) is 0.528. The maximum atomic E-state index is 5.49. The lowest BCUT2D eigenvalue weighted by Gasteiger charge is -2.35. The Labute approximate surface area is 171 Å². The summed E-state index contributed by atoms with van der Waals surface area (Å²) in [4.78, 5) is 6.89. The average molecular weight is 469 g/mol. The molecule has 25 heavy (non-hydrogen) atoms. The van der Waals surface area contributed by atoms with Crippen LogP contribution in [0.5, 0.6) is 0 Å². The first kappa shape index (κ1) is 24.9. The molecule has 0 aromatic heterocycles. The molecule has 0 saturated carbocycles. The van der Waals surface area contributed by atoms with Gasteiger partial charge < -0.3 is 20.7 Å². The highest BCUT2D eigenvalue weighted by atomic mass is 127. The molecule has 1 heterocycles. The molecule has 1 saturated heterocycles. The fourth-order valence-electron chi connectivity index (χ4n) is 2.90. The Morgan fingerprint density at radius 1 is 1.12 bits per heavy atom. The molecule has 7 heteroatoms. The van der Waals surface area contributed by atoms with Gasteiger partial charge in [-0.05, 0) is 33.1 Å². The number of hydrogen-bond donors (Lipinski definition) is 3. The third-order valence-corrected chi connectivity index (χ3v) is 4.11. The van der Waals surface area contributed by atoms with Gasteiger partial charge in [0.1, 0.15) is 0 Å². The van der Waals surface area contributed by atoms with Crippen molar-refractivity contribution < 1.29 is 4.74 Å². The van der Waals surface area contributed by atoms with Crippen LogP contribution in [0.25, 0.3) is 0 Å². The highest BCUT2D eigenvalue weighted by molar-refractivity contribution is 14.0. The lowest BCUT2D eigenvalue weighted by molar-refractivity contribution is 0.0132. The summed E-state index contributed by atoms with van der Waals surface area (Å²) in [5, 5.41) is 10.4. The number of hydrogen-bond acceptors (Lipinski definition) is 4. The standard InChI is InChI=1S/C18H39N5O.HI/c1-15(2)13-16(23-9-11-24-12-10-23)14-21-17(19-6)20-7-8-22-18(3,4)5;/h15-16,22H,7-14H2,1-6H3,(H2,19,20,21);1H. The summed E-state index contributed by atoms with van der Waals surface area (Å²) in [7, 11) is 1.83. The summed E-state index contributed by atoms with van der Waals surface area (Å²) >= 11 is 0. The van der Waals surface area contributed by atoms with Gasteiger partial charge in [-0.15, -0.1) is 24.0 Å². The molecule has 3 N–H and O–H groups in total. The van der Waals surface area contributed by atoms with E-state index in [1.54, 1.807) is 0 Å². The van der Waals surface area contributed by atoms with Crippen LogP contribution in [0, 0.1) is 5.92 Å². The van der Waals surface area contributed by atoms with E-state index < -0.39 is 0 Å². The van der Waals surface area contributed by atoms with Gasteiger partial charge in [0.25, 0.3) is 0 Å². The van der Waals surface area contributed by atoms with Gasteiger partial charge in [0.05, 0.1) is 13.2 Å². The SMILES string of the molecule is CN=C(NCCNC(C)(C)C)NCC(CC(C)C)N1CCOCC1.I. The van der Waals surface area contributed by atoms with Gasteiger partial charge in [0.15, 0.2) is 5.96 Å². The van der Waals surface area contributed by atoms with Gasteiger partial charge in [-0.25, -0.2) is 0 Å². The molecule has 0 aliphatic carbocycles. The van der Waals surface area contributed by atoms with Crippen molar-refractivity contribution in [1.82, 2.24) is 20.9 Å². The number of morpholine rings is 1. The Morgan fingerprint density at radius 3 is 2.28 bits per heavy atom. The maximum Gasteiger partial charge on any atom is 0.191 e. The molecule has 0 spiro atoms. The zero-order chi connectivity index (χ0) is 18.0. The molecule has 0 aromatic rings. The molecule has 0 radical (unpaired) electrons. The maximum absolute atomic E-state index is 5.49. The van der Waals surface area contributed by atoms with Crippen molar-refractivity contribution in [2.24, 2.45) is 10.9 Å². The third-order valence-electron chi connectivity index (χ3n) is 4.11. The van der Waals surface area contributed by atoms with Crippen molar-refractivity contribution in [3.63, 3.8) is 0 Å². The van der Waals surface area contributed by atoms with Crippen molar-refractivity contribution in [2.45, 2.75) is 52.6 Å². The van der Waals surface area contributed by atoms with E-state index in [4.69, 9.17) is 4.74 Å². The molecule has 1 atom stereocenters. The lowest BCUT2D eigenvalue weighted by atomic mass is 10.0. The molecule has 1 aliphatic rings. The molecular formula is C18H40IN5O. The van der Waals surface area contributed by atoms with Crippen LogP contribution >= 0.6 is 24.0 Å². The largest absolute Gasteiger partial charge is 0.379 e. The summed E-state index contributed by atoms with van der Waals surface area (Å²) in [6.45, 7) is 17.6. The first-order valence-corrected chi connectivity index (χ1v) is 9.33. The Balaban J connectivity index is 0.00000576. The molecular weight excluding hydrogens is 429 g/mol. The molecule has 0 bridgehead atoms. The number of guanidine groups is 1. The normalized spacial score (nSPS) is 18.0. The van der Waals surface area contributed by atoms with Crippen LogP contribution in [-0.4, -0.2) is 75.4 Å². The quantitative estimate of drug-likeness (QED) is 0.220. The van der Waals surface area contributed by atoms with Gasteiger partial charge >= 0.3 is 0 Å². The zero-order valence-electron chi connectivity index (χ0n) is 17.0. The first-order valence-electron chi connectivity index (χ1n) is 9.33. The van der Waals surface area contributed by atoms with Gasteiger partial charge in [-0.1, -0.05) is 13.8 Å². The Kier molecular flexibility index (Phi) is 13.0. The van der Waals surface area contributed by atoms with E-state index in [1.807, 2.05) is 7.05 Å². The highest BCUT2D eigenvalue weighted by Crippen LogP contribution is 2.12. The van der Waals surface area contributed by atoms with Crippen LogP contribution in [-0.2, 0) is 4.74 Å². The number of nitrogens with one attached hydrogen (secondary N) is 3. The van der Waals surface area contributed by atoms with Crippen LogP contribution in [0.3, 0.4) is 0 Å². The summed E-state index contributed by atoms with van der Waals surface area (Å²) < 4.78 is 5.49. The van der Waals surface area contributed by atoms with Crippen molar-refractivity contribution in [2.75, 3.05) is 53.0 Å². The van der Waals surface area contributed by atoms with Crippen LogP contribution in [0.4, 0.5) is 0 Å². The Morgan fingerprint density at radius 2 is 1.76 bits per heavy atom. The van der Waals surface area contributed by atoms with E-state index in [0.717, 1.165) is 51.9 Å². The molecule has 0 amide bonds. The molecule has 0 aromatic carbocycles. The monoisotopic (exact) mass is 469 g/mol. The third kappa shape index (κ3) is 12.0. The molecule has 1 fully saturated rings. The number of nitrogens with zero attached hydrogens (tertiary/aromatic N) is 2. The molecule has 1 rings (SSSR count). The summed E-state index contributed by atoms with van der Waals surface area (Å²) in [5.41, 5.74) is 0.150. The van der Waals surface area contributed by atoms with E-state index >= 15 is 0 Å². The number of aliphatic imine (C=N–C) groups is 1. The minimum absolute atomic E-state index is 0. The average Bonchev–Trinajstić information content (AvgIpc) is 2.52. The fourth-order valence-corrected chi connectivity index (χ4v) is 2.90. The van der Waals surface area contributed by atoms with Crippen LogP contribution < -0.4 is 16.0 Å². The van der Waals surface area contributed by atoms with E-state index in [-0.39, 0.29) is 29.5 Å². The van der Waals surface area contributed by atoms with E-state index in [2.05, 4.69) is 60.5 Å². The van der Waals surface area contributed by atoms with Crippen LogP contribution in [0.2, 0.25) is 0 Å². The number of rotatable bonds is 8.